The summed E-state index contributed by atoms with van der Waals surface area (Å²) in [6.07, 6.45) is 3.09. The molecule has 1 atom stereocenters. The highest BCUT2D eigenvalue weighted by Crippen LogP contribution is 2.31. The van der Waals surface area contributed by atoms with Crippen molar-refractivity contribution in [3.8, 4) is 11.1 Å². The van der Waals surface area contributed by atoms with Crippen molar-refractivity contribution in [2.45, 2.75) is 19.4 Å². The molecule has 32 heavy (non-hydrogen) atoms. The second-order valence-corrected chi connectivity index (χ2v) is 8.98. The van der Waals surface area contributed by atoms with Crippen LogP contribution >= 0.6 is 0 Å². The van der Waals surface area contributed by atoms with Crippen molar-refractivity contribution in [2.75, 3.05) is 37.4 Å². The van der Waals surface area contributed by atoms with Gasteiger partial charge in [-0.1, -0.05) is 35.9 Å². The standard InChI is InChI=1S/C28H30N4/c1-20-5-4-6-21(17-20)22-7-12-27-26(18-22)28(13-15-29-27)30-23-8-10-24(11-9-23)32-16-14-25(19-32)31(2)3/h4-13,15,17-18,25H,14,16,19H2,1-3H3,(H,29,30). The number of rotatable bonds is 5. The molecule has 0 aliphatic carbocycles. The number of anilines is 3. The first-order valence-corrected chi connectivity index (χ1v) is 11.3. The van der Waals surface area contributed by atoms with Crippen LogP contribution in [-0.2, 0) is 0 Å². The summed E-state index contributed by atoms with van der Waals surface area (Å²) in [5.41, 5.74) is 8.15. The van der Waals surface area contributed by atoms with Gasteiger partial charge in [-0.2, -0.15) is 0 Å². The molecule has 4 aromatic rings. The third-order valence-electron chi connectivity index (χ3n) is 6.50. The fraction of sp³-hybridized carbons (Fsp3) is 0.250. The van der Waals surface area contributed by atoms with Crippen molar-refractivity contribution in [1.82, 2.24) is 9.88 Å². The molecule has 3 aromatic carbocycles. The van der Waals surface area contributed by atoms with E-state index in [0.29, 0.717) is 6.04 Å². The molecule has 2 heterocycles. The van der Waals surface area contributed by atoms with Crippen molar-refractivity contribution in [3.05, 3.63) is 84.6 Å². The van der Waals surface area contributed by atoms with E-state index in [0.717, 1.165) is 35.4 Å². The van der Waals surface area contributed by atoms with E-state index in [2.05, 4.69) is 114 Å². The van der Waals surface area contributed by atoms with Gasteiger partial charge in [-0.3, -0.25) is 4.98 Å². The summed E-state index contributed by atoms with van der Waals surface area (Å²) in [6.45, 7) is 4.34. The van der Waals surface area contributed by atoms with E-state index in [1.165, 1.54) is 28.8 Å². The lowest BCUT2D eigenvalue weighted by atomic mass is 10.0. The lowest BCUT2D eigenvalue weighted by molar-refractivity contribution is 0.315. The van der Waals surface area contributed by atoms with Gasteiger partial charge >= 0.3 is 0 Å². The number of likely N-dealkylation sites (N-methyl/N-ethyl adjacent to an activating group) is 1. The van der Waals surface area contributed by atoms with Crippen molar-refractivity contribution >= 4 is 28.0 Å². The highest BCUT2D eigenvalue weighted by Gasteiger charge is 2.23. The molecule has 1 aliphatic rings. The predicted molar refractivity (Wildman–Crippen MR) is 136 cm³/mol. The van der Waals surface area contributed by atoms with E-state index in [1.807, 2.05) is 6.20 Å². The molecule has 0 radical (unpaired) electrons. The van der Waals surface area contributed by atoms with Gasteiger partial charge in [0.05, 0.1) is 5.52 Å². The first-order valence-electron chi connectivity index (χ1n) is 11.3. The third-order valence-corrected chi connectivity index (χ3v) is 6.50. The smallest absolute Gasteiger partial charge is 0.0723 e. The summed E-state index contributed by atoms with van der Waals surface area (Å²) in [5, 5.41) is 4.74. The predicted octanol–water partition coefficient (Wildman–Crippen LogP) is 6.09. The van der Waals surface area contributed by atoms with Crippen LogP contribution in [0.1, 0.15) is 12.0 Å². The molecule has 0 spiro atoms. The van der Waals surface area contributed by atoms with E-state index in [-0.39, 0.29) is 0 Å². The molecule has 1 unspecified atom stereocenters. The maximum atomic E-state index is 4.57. The number of hydrogen-bond donors (Lipinski definition) is 1. The normalized spacial score (nSPS) is 16.1. The fourth-order valence-electron chi connectivity index (χ4n) is 4.57. The number of nitrogens with one attached hydrogen (secondary N) is 1. The minimum atomic E-state index is 0.638. The van der Waals surface area contributed by atoms with Crippen molar-refractivity contribution < 1.29 is 0 Å². The summed E-state index contributed by atoms with van der Waals surface area (Å²) in [4.78, 5) is 9.38. The summed E-state index contributed by atoms with van der Waals surface area (Å²) in [6, 6.07) is 26.6. The SMILES string of the molecule is Cc1cccc(-c2ccc3nccc(Nc4ccc(N5CCC(N(C)C)C5)cc4)c3c2)c1. The number of aryl methyl sites for hydroxylation is 1. The van der Waals surface area contributed by atoms with Crippen LogP contribution in [0.4, 0.5) is 17.1 Å². The van der Waals surface area contributed by atoms with Crippen LogP contribution in [-0.4, -0.2) is 43.1 Å². The van der Waals surface area contributed by atoms with Gasteiger partial charge in [0.25, 0.3) is 0 Å². The lowest BCUT2D eigenvalue weighted by Gasteiger charge is -2.22. The zero-order chi connectivity index (χ0) is 22.1. The summed E-state index contributed by atoms with van der Waals surface area (Å²) in [7, 11) is 4.34. The van der Waals surface area contributed by atoms with Crippen LogP contribution in [0.5, 0.6) is 0 Å². The number of fused-ring (bicyclic) bond motifs is 1. The molecular formula is C28H30N4. The monoisotopic (exact) mass is 422 g/mol. The zero-order valence-electron chi connectivity index (χ0n) is 19.0. The Balaban J connectivity index is 1.40. The summed E-state index contributed by atoms with van der Waals surface area (Å²) in [5.74, 6) is 0. The van der Waals surface area contributed by atoms with E-state index in [9.17, 15) is 0 Å². The Morgan fingerprint density at radius 2 is 1.75 bits per heavy atom. The first-order chi connectivity index (χ1) is 15.6. The van der Waals surface area contributed by atoms with Gasteiger partial charge in [0.1, 0.15) is 0 Å². The molecule has 0 saturated carbocycles. The molecule has 0 bridgehead atoms. The highest BCUT2D eigenvalue weighted by molar-refractivity contribution is 5.95. The minimum Gasteiger partial charge on any atom is -0.370 e. The molecule has 1 N–H and O–H groups in total. The van der Waals surface area contributed by atoms with Gasteiger partial charge < -0.3 is 15.1 Å². The summed E-state index contributed by atoms with van der Waals surface area (Å²) < 4.78 is 0. The molecule has 4 nitrogen and oxygen atoms in total. The van der Waals surface area contributed by atoms with E-state index in [4.69, 9.17) is 0 Å². The average Bonchev–Trinajstić information content (AvgIpc) is 3.30. The maximum Gasteiger partial charge on any atom is 0.0723 e. The average molecular weight is 423 g/mol. The van der Waals surface area contributed by atoms with Crippen molar-refractivity contribution in [1.29, 1.82) is 0 Å². The van der Waals surface area contributed by atoms with E-state index < -0.39 is 0 Å². The van der Waals surface area contributed by atoms with Crippen molar-refractivity contribution in [2.24, 2.45) is 0 Å². The molecule has 0 amide bonds. The minimum absolute atomic E-state index is 0.638. The Morgan fingerprint density at radius 1 is 0.938 bits per heavy atom. The van der Waals surface area contributed by atoms with Crippen molar-refractivity contribution in [3.63, 3.8) is 0 Å². The molecule has 162 valence electrons. The largest absolute Gasteiger partial charge is 0.370 e. The lowest BCUT2D eigenvalue weighted by Crippen LogP contribution is -2.31. The highest BCUT2D eigenvalue weighted by atomic mass is 15.2. The molecule has 1 fully saturated rings. The van der Waals surface area contributed by atoms with E-state index in [1.54, 1.807) is 0 Å². The van der Waals surface area contributed by atoms with Crippen LogP contribution in [0, 0.1) is 6.92 Å². The first kappa shape index (κ1) is 20.5. The van der Waals surface area contributed by atoms with Crippen LogP contribution < -0.4 is 10.2 Å². The number of pyridine rings is 1. The quantitative estimate of drug-likeness (QED) is 0.421. The van der Waals surface area contributed by atoms with Crippen LogP contribution in [0.3, 0.4) is 0 Å². The van der Waals surface area contributed by atoms with Gasteiger partial charge in [-0.25, -0.2) is 0 Å². The number of nitrogens with zero attached hydrogens (tertiary/aromatic N) is 3. The number of aromatic nitrogens is 1. The Labute approximate surface area is 190 Å². The zero-order valence-corrected chi connectivity index (χ0v) is 19.0. The fourth-order valence-corrected chi connectivity index (χ4v) is 4.57. The maximum absolute atomic E-state index is 4.57. The van der Waals surface area contributed by atoms with Crippen LogP contribution in [0.15, 0.2) is 79.0 Å². The Hall–Kier alpha value is -3.37. The molecule has 1 aliphatic heterocycles. The number of benzene rings is 3. The summed E-state index contributed by atoms with van der Waals surface area (Å²) >= 11 is 0. The van der Waals surface area contributed by atoms with Crippen LogP contribution in [0.2, 0.25) is 0 Å². The van der Waals surface area contributed by atoms with Gasteiger partial charge in [0.2, 0.25) is 0 Å². The molecule has 1 saturated heterocycles. The Kier molecular flexibility index (Phi) is 5.54. The topological polar surface area (TPSA) is 31.4 Å². The van der Waals surface area contributed by atoms with Gasteiger partial charge in [-0.05, 0) is 81.0 Å². The van der Waals surface area contributed by atoms with E-state index >= 15 is 0 Å². The van der Waals surface area contributed by atoms with Gasteiger partial charge in [0.15, 0.2) is 0 Å². The van der Waals surface area contributed by atoms with Gasteiger partial charge in [-0.15, -0.1) is 0 Å². The third kappa shape index (κ3) is 4.19. The van der Waals surface area contributed by atoms with Gasteiger partial charge in [0, 0.05) is 47.8 Å². The second-order valence-electron chi connectivity index (χ2n) is 8.98. The molecule has 5 rings (SSSR count). The van der Waals surface area contributed by atoms with Crippen LogP contribution in [0.25, 0.3) is 22.0 Å². The Morgan fingerprint density at radius 3 is 2.50 bits per heavy atom. The molecule has 4 heteroatoms. The number of hydrogen-bond acceptors (Lipinski definition) is 4. The second kappa shape index (κ2) is 8.64. The Bertz CT molecular complexity index is 1230. The molecule has 1 aromatic heterocycles. The molecular weight excluding hydrogens is 392 g/mol.